The van der Waals surface area contributed by atoms with Crippen molar-refractivity contribution in [3.05, 3.63) is 57.7 Å². The van der Waals surface area contributed by atoms with E-state index in [0.717, 1.165) is 21.8 Å². The quantitative estimate of drug-likeness (QED) is 0.686. The molecule has 0 atom stereocenters. The molecule has 2 heterocycles. The van der Waals surface area contributed by atoms with Crippen LogP contribution in [0.2, 0.25) is 0 Å². The second-order valence-corrected chi connectivity index (χ2v) is 7.41. The van der Waals surface area contributed by atoms with E-state index in [1.54, 1.807) is 16.2 Å². The van der Waals surface area contributed by atoms with Crippen molar-refractivity contribution in [2.24, 2.45) is 0 Å². The minimum Gasteiger partial charge on any atom is -0.378 e. The highest BCUT2D eigenvalue weighted by molar-refractivity contribution is 7.14. The van der Waals surface area contributed by atoms with Crippen LogP contribution in [0, 0.1) is 0 Å². The Balaban J connectivity index is 1.68. The Kier molecular flexibility index (Phi) is 4.97. The minimum atomic E-state index is -0.0515. The number of thiophene rings is 1. The van der Waals surface area contributed by atoms with Crippen LogP contribution in [-0.4, -0.2) is 36.9 Å². The van der Waals surface area contributed by atoms with E-state index in [4.69, 9.17) is 0 Å². The van der Waals surface area contributed by atoms with Crippen LogP contribution >= 0.6 is 22.7 Å². The first-order valence-corrected chi connectivity index (χ1v) is 9.36. The van der Waals surface area contributed by atoms with E-state index < -0.39 is 0 Å². The Morgan fingerprint density at radius 1 is 1.08 bits per heavy atom. The Bertz CT molecular complexity index is 807. The first-order chi connectivity index (χ1) is 11.5. The fourth-order valence-corrected chi connectivity index (χ4v) is 3.84. The molecule has 6 heteroatoms. The fraction of sp³-hybridized carbons (Fsp3) is 0.222. The third-order valence-electron chi connectivity index (χ3n) is 3.71. The lowest BCUT2D eigenvalue weighted by Crippen LogP contribution is -2.26. The minimum absolute atomic E-state index is 0.0515. The van der Waals surface area contributed by atoms with Gasteiger partial charge in [-0.3, -0.25) is 4.79 Å². The van der Waals surface area contributed by atoms with Crippen molar-refractivity contribution in [1.82, 2.24) is 9.88 Å². The number of hydrogen-bond donors (Lipinski definition) is 0. The maximum Gasteiger partial charge on any atom is 0.273 e. The molecule has 0 N–H and O–H groups in total. The molecule has 124 valence electrons. The summed E-state index contributed by atoms with van der Waals surface area (Å²) in [4.78, 5) is 20.8. The van der Waals surface area contributed by atoms with E-state index >= 15 is 0 Å². The van der Waals surface area contributed by atoms with E-state index in [1.165, 1.54) is 11.3 Å². The van der Waals surface area contributed by atoms with Crippen LogP contribution in [-0.2, 0) is 6.54 Å². The Morgan fingerprint density at radius 3 is 2.46 bits per heavy atom. The van der Waals surface area contributed by atoms with Gasteiger partial charge in [0.25, 0.3) is 5.91 Å². The monoisotopic (exact) mass is 357 g/mol. The highest BCUT2D eigenvalue weighted by Crippen LogP contribution is 2.26. The largest absolute Gasteiger partial charge is 0.378 e. The van der Waals surface area contributed by atoms with Crippen LogP contribution in [0.25, 0.3) is 10.6 Å². The molecule has 0 aliphatic rings. The van der Waals surface area contributed by atoms with Gasteiger partial charge in [-0.05, 0) is 29.1 Å². The molecule has 0 saturated heterocycles. The van der Waals surface area contributed by atoms with Gasteiger partial charge >= 0.3 is 0 Å². The van der Waals surface area contributed by atoms with Crippen LogP contribution in [0.15, 0.2) is 46.5 Å². The summed E-state index contributed by atoms with van der Waals surface area (Å²) in [6.07, 6.45) is 0. The Hall–Kier alpha value is -2.18. The molecule has 0 fully saturated rings. The van der Waals surface area contributed by atoms with Gasteiger partial charge in [0, 0.05) is 49.7 Å². The summed E-state index contributed by atoms with van der Waals surface area (Å²) in [6.45, 7) is 0.567. The number of rotatable bonds is 5. The summed E-state index contributed by atoms with van der Waals surface area (Å²) in [5, 5.41) is 6.79. The molecule has 1 amide bonds. The lowest BCUT2D eigenvalue weighted by atomic mass is 10.2. The maximum absolute atomic E-state index is 12.6. The van der Waals surface area contributed by atoms with Crippen molar-refractivity contribution in [2.45, 2.75) is 6.54 Å². The number of nitrogens with zero attached hydrogens (tertiary/aromatic N) is 3. The third kappa shape index (κ3) is 3.66. The van der Waals surface area contributed by atoms with Gasteiger partial charge in [0.05, 0.1) is 0 Å². The Labute approximate surface area is 150 Å². The predicted molar refractivity (Wildman–Crippen MR) is 102 cm³/mol. The zero-order chi connectivity index (χ0) is 17.1. The van der Waals surface area contributed by atoms with Gasteiger partial charge < -0.3 is 9.80 Å². The molecule has 1 aromatic carbocycles. The maximum atomic E-state index is 12.6. The molecule has 3 rings (SSSR count). The number of amides is 1. The van der Waals surface area contributed by atoms with Crippen LogP contribution in [0.4, 0.5) is 5.69 Å². The van der Waals surface area contributed by atoms with Crippen molar-refractivity contribution in [2.75, 3.05) is 26.0 Å². The smallest absolute Gasteiger partial charge is 0.273 e. The average Bonchev–Trinajstić information content (AvgIpc) is 3.25. The molecule has 0 radical (unpaired) electrons. The molecule has 4 nitrogen and oxygen atoms in total. The van der Waals surface area contributed by atoms with Crippen molar-refractivity contribution in [1.29, 1.82) is 0 Å². The highest BCUT2D eigenvalue weighted by Gasteiger charge is 2.16. The average molecular weight is 358 g/mol. The van der Waals surface area contributed by atoms with E-state index in [9.17, 15) is 4.79 Å². The molecule has 0 aliphatic carbocycles. The van der Waals surface area contributed by atoms with Crippen LogP contribution < -0.4 is 4.90 Å². The van der Waals surface area contributed by atoms with Gasteiger partial charge in [-0.15, -0.1) is 11.3 Å². The molecule has 0 saturated carbocycles. The van der Waals surface area contributed by atoms with E-state index in [2.05, 4.69) is 34.1 Å². The van der Waals surface area contributed by atoms with Gasteiger partial charge in [-0.25, -0.2) is 4.98 Å². The molecule has 0 spiro atoms. The normalized spacial score (nSPS) is 10.6. The van der Waals surface area contributed by atoms with Gasteiger partial charge in [-0.2, -0.15) is 11.3 Å². The molecule has 2 aromatic heterocycles. The zero-order valence-corrected chi connectivity index (χ0v) is 15.5. The van der Waals surface area contributed by atoms with Gasteiger partial charge in [0.15, 0.2) is 0 Å². The molecule has 3 aromatic rings. The molecule has 24 heavy (non-hydrogen) atoms. The van der Waals surface area contributed by atoms with E-state index in [0.29, 0.717) is 12.2 Å². The van der Waals surface area contributed by atoms with E-state index in [1.807, 2.05) is 43.3 Å². The number of hydrogen-bond acceptors (Lipinski definition) is 5. The number of carbonyl (C=O) groups excluding carboxylic acids is 1. The number of anilines is 1. The predicted octanol–water partition coefficient (Wildman–Crippen LogP) is 4.21. The number of carbonyl (C=O) groups is 1. The van der Waals surface area contributed by atoms with Crippen molar-refractivity contribution < 1.29 is 4.79 Å². The molecule has 0 bridgehead atoms. The van der Waals surface area contributed by atoms with Crippen LogP contribution in [0.5, 0.6) is 0 Å². The summed E-state index contributed by atoms with van der Waals surface area (Å²) in [5.41, 5.74) is 3.83. The Morgan fingerprint density at radius 2 is 1.83 bits per heavy atom. The van der Waals surface area contributed by atoms with Gasteiger partial charge in [0.2, 0.25) is 0 Å². The molecule has 0 aliphatic heterocycles. The lowest BCUT2D eigenvalue weighted by Gasteiger charge is -2.17. The number of thiazole rings is 1. The van der Waals surface area contributed by atoms with Crippen LogP contribution in [0.3, 0.4) is 0 Å². The SMILES string of the molecule is CN(Cc1ccc(N(C)C)cc1)C(=O)c1csc(-c2ccsc2)n1. The standard InChI is InChI=1S/C18H19N3OS2/c1-20(2)15-6-4-13(5-7-15)10-21(3)18(22)16-12-24-17(19-16)14-8-9-23-11-14/h4-9,11-12H,10H2,1-3H3. The first-order valence-electron chi connectivity index (χ1n) is 7.54. The number of benzene rings is 1. The summed E-state index contributed by atoms with van der Waals surface area (Å²) < 4.78 is 0. The number of aromatic nitrogens is 1. The van der Waals surface area contributed by atoms with Crippen molar-refractivity contribution in [3.8, 4) is 10.6 Å². The summed E-state index contributed by atoms with van der Waals surface area (Å²) >= 11 is 3.14. The second kappa shape index (κ2) is 7.15. The van der Waals surface area contributed by atoms with E-state index in [-0.39, 0.29) is 5.91 Å². The van der Waals surface area contributed by atoms with Crippen LogP contribution in [0.1, 0.15) is 16.1 Å². The zero-order valence-electron chi connectivity index (χ0n) is 13.9. The topological polar surface area (TPSA) is 36.4 Å². The lowest BCUT2D eigenvalue weighted by molar-refractivity contribution is 0.0780. The molecule has 0 unspecified atom stereocenters. The second-order valence-electron chi connectivity index (χ2n) is 5.77. The van der Waals surface area contributed by atoms with Gasteiger partial charge in [0.1, 0.15) is 10.7 Å². The summed E-state index contributed by atoms with van der Waals surface area (Å²) in [5.74, 6) is -0.0515. The van der Waals surface area contributed by atoms with Crippen molar-refractivity contribution >= 4 is 34.3 Å². The summed E-state index contributed by atoms with van der Waals surface area (Å²) in [6, 6.07) is 10.2. The van der Waals surface area contributed by atoms with Gasteiger partial charge in [-0.1, -0.05) is 12.1 Å². The summed E-state index contributed by atoms with van der Waals surface area (Å²) in [7, 11) is 5.84. The third-order valence-corrected chi connectivity index (χ3v) is 5.29. The fourth-order valence-electron chi connectivity index (χ4n) is 2.33. The van der Waals surface area contributed by atoms with Crippen molar-refractivity contribution in [3.63, 3.8) is 0 Å². The molecular weight excluding hydrogens is 338 g/mol. The first kappa shape index (κ1) is 16.7. The highest BCUT2D eigenvalue weighted by atomic mass is 32.1. The molecular formula is C18H19N3OS2.